The van der Waals surface area contributed by atoms with E-state index in [-0.39, 0.29) is 36.3 Å². The molecule has 1 aromatic carbocycles. The highest BCUT2D eigenvalue weighted by Crippen LogP contribution is 2.65. The standard InChI is InChI=1S/C30H43N3O6/c1-5-21(17-34)33-25(27(36)32-19-10-8-7-9-11-19)30-16-18(3)29(4,39-30)23(24(30)28(33)37)26(35)31-20-12-14-22(15-13-20)38-6-2/h12-15,18-19,21,23-25,34H,5-11,16-17H2,1-4H3,(H,31,35)(H,32,36)/t18?,21-,23-,24-,25?,29+,30?/m0/s1. The largest absolute Gasteiger partial charge is 0.494 e. The number of ether oxygens (including phenoxy) is 2. The molecule has 4 aliphatic rings. The van der Waals surface area contributed by atoms with E-state index < -0.39 is 35.1 Å². The Bertz CT molecular complexity index is 1080. The van der Waals surface area contributed by atoms with E-state index in [2.05, 4.69) is 10.6 Å². The van der Waals surface area contributed by atoms with Crippen LogP contribution in [0.4, 0.5) is 5.69 Å². The van der Waals surface area contributed by atoms with Crippen LogP contribution in [0.15, 0.2) is 24.3 Å². The predicted octanol–water partition coefficient (Wildman–Crippen LogP) is 3.25. The summed E-state index contributed by atoms with van der Waals surface area (Å²) in [4.78, 5) is 43.7. The van der Waals surface area contributed by atoms with Gasteiger partial charge in [0.2, 0.25) is 17.7 Å². The number of aliphatic hydroxyl groups excluding tert-OH is 1. The summed E-state index contributed by atoms with van der Waals surface area (Å²) in [5, 5.41) is 16.5. The third-order valence-corrected chi connectivity index (χ3v) is 9.74. The Labute approximate surface area is 231 Å². The molecule has 3 aliphatic heterocycles. The maximum absolute atomic E-state index is 14.2. The smallest absolute Gasteiger partial charge is 0.246 e. The van der Waals surface area contributed by atoms with E-state index in [9.17, 15) is 19.5 Å². The molecule has 9 heteroatoms. The fourth-order valence-electron chi connectivity index (χ4n) is 7.73. The zero-order valence-electron chi connectivity index (χ0n) is 23.6. The second-order valence-electron chi connectivity index (χ2n) is 12.0. The highest BCUT2D eigenvalue weighted by molar-refractivity contribution is 6.02. The van der Waals surface area contributed by atoms with Crippen molar-refractivity contribution >= 4 is 23.4 Å². The van der Waals surface area contributed by atoms with Crippen LogP contribution in [0.5, 0.6) is 5.75 Å². The van der Waals surface area contributed by atoms with E-state index in [1.807, 2.05) is 27.7 Å². The molecule has 1 aliphatic carbocycles. The molecule has 0 aromatic heterocycles. The van der Waals surface area contributed by atoms with Crippen LogP contribution in [0.25, 0.3) is 0 Å². The minimum Gasteiger partial charge on any atom is -0.494 e. The van der Waals surface area contributed by atoms with Crippen LogP contribution in [-0.2, 0) is 19.1 Å². The van der Waals surface area contributed by atoms with Gasteiger partial charge in [0.1, 0.15) is 17.4 Å². The maximum Gasteiger partial charge on any atom is 0.246 e. The zero-order chi connectivity index (χ0) is 27.9. The van der Waals surface area contributed by atoms with Gasteiger partial charge in [0.05, 0.1) is 36.7 Å². The Kier molecular flexibility index (Phi) is 7.68. The summed E-state index contributed by atoms with van der Waals surface area (Å²) in [7, 11) is 0. The molecule has 2 bridgehead atoms. The van der Waals surface area contributed by atoms with E-state index in [0.717, 1.165) is 25.7 Å². The fraction of sp³-hybridized carbons (Fsp3) is 0.700. The number of aliphatic hydroxyl groups is 1. The van der Waals surface area contributed by atoms with Gasteiger partial charge < -0.3 is 30.1 Å². The lowest BCUT2D eigenvalue weighted by Gasteiger charge is -2.37. The molecule has 214 valence electrons. The number of fused-ring (bicyclic) bond motifs is 1. The van der Waals surface area contributed by atoms with Gasteiger partial charge in [-0.25, -0.2) is 0 Å². The Hall–Kier alpha value is -2.65. The predicted molar refractivity (Wildman–Crippen MR) is 146 cm³/mol. The van der Waals surface area contributed by atoms with E-state index in [4.69, 9.17) is 9.47 Å². The van der Waals surface area contributed by atoms with Crippen molar-refractivity contribution in [2.24, 2.45) is 17.8 Å². The van der Waals surface area contributed by atoms with Gasteiger partial charge in [-0.15, -0.1) is 0 Å². The van der Waals surface area contributed by atoms with Gasteiger partial charge in [-0.1, -0.05) is 33.1 Å². The average Bonchev–Trinajstić information content (AvgIpc) is 3.43. The molecule has 3 unspecified atom stereocenters. The third-order valence-electron chi connectivity index (χ3n) is 9.74. The number of anilines is 1. The van der Waals surface area contributed by atoms with E-state index >= 15 is 0 Å². The van der Waals surface area contributed by atoms with Crippen LogP contribution in [0.3, 0.4) is 0 Å². The first kappa shape index (κ1) is 27.9. The summed E-state index contributed by atoms with van der Waals surface area (Å²) in [5.41, 5.74) is -1.41. The lowest BCUT2D eigenvalue weighted by atomic mass is 9.62. The van der Waals surface area contributed by atoms with Crippen molar-refractivity contribution in [1.82, 2.24) is 10.2 Å². The fourth-order valence-corrected chi connectivity index (χ4v) is 7.73. The minimum absolute atomic E-state index is 0.0447. The van der Waals surface area contributed by atoms with Crippen molar-refractivity contribution in [2.75, 3.05) is 18.5 Å². The van der Waals surface area contributed by atoms with Crippen LogP contribution < -0.4 is 15.4 Å². The van der Waals surface area contributed by atoms with Gasteiger partial charge in [0.15, 0.2) is 0 Å². The van der Waals surface area contributed by atoms with Gasteiger partial charge in [-0.2, -0.15) is 0 Å². The molecule has 39 heavy (non-hydrogen) atoms. The van der Waals surface area contributed by atoms with Gasteiger partial charge in [0.25, 0.3) is 0 Å². The number of nitrogens with one attached hydrogen (secondary N) is 2. The first-order valence-electron chi connectivity index (χ1n) is 14.7. The van der Waals surface area contributed by atoms with Gasteiger partial charge >= 0.3 is 0 Å². The number of carbonyl (C=O) groups excluding carboxylic acids is 3. The number of carbonyl (C=O) groups is 3. The van der Waals surface area contributed by atoms with Crippen molar-refractivity contribution in [1.29, 1.82) is 0 Å². The Morgan fingerprint density at radius 2 is 1.85 bits per heavy atom. The lowest BCUT2D eigenvalue weighted by molar-refractivity contribution is -0.150. The molecule has 1 spiro atoms. The number of likely N-dealkylation sites (tertiary alicyclic amines) is 1. The third kappa shape index (κ3) is 4.51. The first-order chi connectivity index (χ1) is 18.7. The maximum atomic E-state index is 14.2. The van der Waals surface area contributed by atoms with Gasteiger partial charge in [0, 0.05) is 11.7 Å². The molecular weight excluding hydrogens is 498 g/mol. The number of nitrogens with zero attached hydrogens (tertiary/aromatic N) is 1. The molecule has 9 nitrogen and oxygen atoms in total. The monoisotopic (exact) mass is 541 g/mol. The second kappa shape index (κ2) is 10.7. The number of benzene rings is 1. The second-order valence-corrected chi connectivity index (χ2v) is 12.0. The zero-order valence-corrected chi connectivity index (χ0v) is 23.6. The van der Waals surface area contributed by atoms with Crippen molar-refractivity contribution in [3.63, 3.8) is 0 Å². The SMILES string of the molecule is CCOc1ccc(NC(=O)[C@@H]2[C@H]3C(=O)N([C@@H](CC)CO)C(C(=O)NC4CCCCC4)C34CC(C)[C@@]2(C)O4)cc1. The van der Waals surface area contributed by atoms with Crippen molar-refractivity contribution in [3.05, 3.63) is 24.3 Å². The summed E-state index contributed by atoms with van der Waals surface area (Å²) in [6.45, 7) is 8.04. The minimum atomic E-state index is -1.12. The van der Waals surface area contributed by atoms with Crippen LogP contribution in [0.2, 0.25) is 0 Å². The Morgan fingerprint density at radius 1 is 1.15 bits per heavy atom. The molecular formula is C30H43N3O6. The van der Waals surface area contributed by atoms with Crippen molar-refractivity contribution in [3.8, 4) is 5.75 Å². The number of amides is 3. The van der Waals surface area contributed by atoms with E-state index in [1.165, 1.54) is 6.42 Å². The molecule has 4 fully saturated rings. The van der Waals surface area contributed by atoms with E-state index in [0.29, 0.717) is 30.9 Å². The molecule has 3 amide bonds. The Balaban J connectivity index is 1.48. The first-order valence-corrected chi connectivity index (χ1v) is 14.7. The van der Waals surface area contributed by atoms with Gasteiger partial charge in [-0.05, 0) is 69.7 Å². The quantitative estimate of drug-likeness (QED) is 0.442. The summed E-state index contributed by atoms with van der Waals surface area (Å²) in [6, 6.07) is 5.80. The number of rotatable bonds is 9. The molecule has 3 saturated heterocycles. The topological polar surface area (TPSA) is 117 Å². The van der Waals surface area contributed by atoms with Crippen LogP contribution >= 0.6 is 0 Å². The van der Waals surface area contributed by atoms with Crippen LogP contribution in [0, 0.1) is 17.8 Å². The van der Waals surface area contributed by atoms with Crippen molar-refractivity contribution < 1.29 is 29.0 Å². The van der Waals surface area contributed by atoms with Crippen LogP contribution in [-0.4, -0.2) is 70.3 Å². The molecule has 5 rings (SSSR count). The van der Waals surface area contributed by atoms with Crippen LogP contribution in [0.1, 0.15) is 72.6 Å². The lowest BCUT2D eigenvalue weighted by Crippen LogP contribution is -2.59. The highest BCUT2D eigenvalue weighted by atomic mass is 16.5. The average molecular weight is 542 g/mol. The molecule has 3 N–H and O–H groups in total. The summed E-state index contributed by atoms with van der Waals surface area (Å²) in [6.07, 6.45) is 6.14. The molecule has 3 heterocycles. The van der Waals surface area contributed by atoms with E-state index in [1.54, 1.807) is 29.2 Å². The normalized spacial score (nSPS) is 34.6. The summed E-state index contributed by atoms with van der Waals surface area (Å²) >= 11 is 0. The summed E-state index contributed by atoms with van der Waals surface area (Å²) in [5.74, 6) is -1.71. The molecule has 0 radical (unpaired) electrons. The molecule has 1 aromatic rings. The highest BCUT2D eigenvalue weighted by Gasteiger charge is 2.80. The molecule has 7 atom stereocenters. The molecule has 1 saturated carbocycles. The van der Waals surface area contributed by atoms with Crippen molar-refractivity contribution in [2.45, 2.75) is 102 Å². The summed E-state index contributed by atoms with van der Waals surface area (Å²) < 4.78 is 12.3. The number of hydrogen-bond acceptors (Lipinski definition) is 6. The number of hydrogen-bond donors (Lipinski definition) is 3. The van der Waals surface area contributed by atoms with Gasteiger partial charge in [-0.3, -0.25) is 14.4 Å². The Morgan fingerprint density at radius 3 is 2.46 bits per heavy atom.